The number of hydrogen-bond donors (Lipinski definition) is 3. The monoisotopic (exact) mass is 667 g/mol. The first-order valence-electron chi connectivity index (χ1n) is 15.7. The van der Waals surface area contributed by atoms with Crippen LogP contribution in [0.25, 0.3) is 10.8 Å². The van der Waals surface area contributed by atoms with Crippen molar-refractivity contribution in [3.63, 3.8) is 0 Å². The van der Waals surface area contributed by atoms with Gasteiger partial charge in [0.25, 0.3) is 5.92 Å². The predicted molar refractivity (Wildman–Crippen MR) is 163 cm³/mol. The Hall–Kier alpha value is -2.84. The van der Waals surface area contributed by atoms with Crippen LogP contribution in [0.3, 0.4) is 0 Å². The fourth-order valence-electron chi connectivity index (χ4n) is 6.64. The molecule has 1 saturated heterocycles. The number of rotatable bonds is 10. The predicted octanol–water partition coefficient (Wildman–Crippen LogP) is 5.94. The van der Waals surface area contributed by atoms with Crippen molar-refractivity contribution in [1.82, 2.24) is 9.62 Å². The lowest BCUT2D eigenvalue weighted by atomic mass is 9.91. The summed E-state index contributed by atoms with van der Waals surface area (Å²) in [5.74, 6) is -3.35. The lowest BCUT2D eigenvalue weighted by Crippen LogP contribution is -2.60. The van der Waals surface area contributed by atoms with Gasteiger partial charge in [0.1, 0.15) is 18.0 Å². The summed E-state index contributed by atoms with van der Waals surface area (Å²) in [6.07, 6.45) is -1.63. The molecule has 0 radical (unpaired) electrons. The molecule has 0 spiro atoms. The number of aliphatic hydroxyl groups is 1. The van der Waals surface area contributed by atoms with Crippen molar-refractivity contribution in [3.8, 4) is 5.75 Å². The molecule has 1 aliphatic heterocycles. The van der Waals surface area contributed by atoms with E-state index in [2.05, 4.69) is 4.72 Å². The van der Waals surface area contributed by atoms with Gasteiger partial charge in [0.05, 0.1) is 16.4 Å². The number of alkyl halides is 5. The van der Waals surface area contributed by atoms with Gasteiger partial charge in [-0.1, -0.05) is 36.4 Å². The Labute approximate surface area is 265 Å². The molecule has 0 aromatic heterocycles. The average Bonchev–Trinajstić information content (AvgIpc) is 3.70. The number of likely N-dealkylation sites (tertiary alicyclic amines) is 1. The van der Waals surface area contributed by atoms with Crippen LogP contribution in [0.5, 0.6) is 5.75 Å². The maximum atomic E-state index is 16.3. The molecular weight excluding hydrogens is 629 g/mol. The minimum Gasteiger partial charge on any atom is -0.490 e. The first-order valence-corrected chi connectivity index (χ1v) is 17.1. The normalized spacial score (nSPS) is 21.4. The summed E-state index contributed by atoms with van der Waals surface area (Å²) in [5.41, 5.74) is 3.04. The van der Waals surface area contributed by atoms with Crippen LogP contribution in [0.15, 0.2) is 65.6 Å². The van der Waals surface area contributed by atoms with E-state index in [1.165, 1.54) is 17.0 Å². The lowest BCUT2D eigenvalue weighted by molar-refractivity contribution is -0.160. The zero-order chi connectivity index (χ0) is 32.9. The van der Waals surface area contributed by atoms with E-state index in [4.69, 9.17) is 10.5 Å². The molecule has 2 aliphatic carbocycles. The van der Waals surface area contributed by atoms with Gasteiger partial charge in [-0.15, -0.1) is 0 Å². The van der Waals surface area contributed by atoms with Gasteiger partial charge in [0, 0.05) is 24.7 Å². The molecule has 46 heavy (non-hydrogen) atoms. The van der Waals surface area contributed by atoms with Crippen molar-refractivity contribution in [2.24, 2.45) is 5.73 Å². The fourth-order valence-corrected chi connectivity index (χ4v) is 7.91. The minimum atomic E-state index is -4.63. The molecule has 7 nitrogen and oxygen atoms in total. The highest BCUT2D eigenvalue weighted by atomic mass is 32.2. The van der Waals surface area contributed by atoms with Crippen LogP contribution in [0.2, 0.25) is 0 Å². The molecule has 250 valence electrons. The van der Waals surface area contributed by atoms with Crippen molar-refractivity contribution in [2.45, 2.75) is 98.2 Å². The summed E-state index contributed by atoms with van der Waals surface area (Å²) in [7, 11) is -4.63. The molecule has 0 bridgehead atoms. The third-order valence-electron chi connectivity index (χ3n) is 9.73. The fraction of sp³-hybridized carbons (Fsp3) is 0.515. The second-order valence-corrected chi connectivity index (χ2v) is 14.6. The van der Waals surface area contributed by atoms with E-state index in [0.717, 1.165) is 49.9 Å². The van der Waals surface area contributed by atoms with Crippen LogP contribution < -0.4 is 15.2 Å². The number of aliphatic hydroxyl groups excluding tert-OH is 1. The summed E-state index contributed by atoms with van der Waals surface area (Å²) in [4.78, 5) is 1.06. The van der Waals surface area contributed by atoms with E-state index >= 15 is 8.78 Å². The standard InChI is InChI=1S/C33H38F5N3O4S/c34-32(35,24-9-7-23(8-10-24)31(15-16-31)33(36,37)38)29(30(42)41-17-13-25(39)14-18-41)40-46(43,44)28-12-6-21-19-27(11-5-22(21)20-28)45-26-3-1-2-4-26/h5-12,19-20,25-26,29-30,40,42H,1-4,13-18,39H2/t29-,30?/m0/s1. The number of nitrogens with zero attached hydrogens (tertiary/aromatic N) is 1. The van der Waals surface area contributed by atoms with Gasteiger partial charge in [-0.05, 0) is 92.0 Å². The van der Waals surface area contributed by atoms with Gasteiger partial charge in [-0.25, -0.2) is 8.42 Å². The molecule has 13 heteroatoms. The van der Waals surface area contributed by atoms with E-state index in [0.29, 0.717) is 29.4 Å². The molecule has 1 unspecified atom stereocenters. The quantitative estimate of drug-likeness (QED) is 0.232. The molecule has 3 aromatic carbocycles. The molecule has 2 atom stereocenters. The zero-order valence-electron chi connectivity index (χ0n) is 25.1. The molecule has 3 fully saturated rings. The lowest BCUT2D eigenvalue weighted by Gasteiger charge is -2.40. The summed E-state index contributed by atoms with van der Waals surface area (Å²) >= 11 is 0. The van der Waals surface area contributed by atoms with Gasteiger partial charge >= 0.3 is 6.18 Å². The molecule has 3 aliphatic rings. The molecule has 2 saturated carbocycles. The van der Waals surface area contributed by atoms with Crippen LogP contribution in [0.1, 0.15) is 62.5 Å². The summed E-state index contributed by atoms with van der Waals surface area (Å²) in [5, 5.41) is 12.5. The van der Waals surface area contributed by atoms with E-state index < -0.39 is 45.4 Å². The number of ether oxygens (including phenoxy) is 1. The minimum absolute atomic E-state index is 0.129. The first kappa shape index (κ1) is 33.1. The van der Waals surface area contributed by atoms with Crippen molar-refractivity contribution in [3.05, 3.63) is 71.8 Å². The molecule has 3 aromatic rings. The van der Waals surface area contributed by atoms with E-state index in [9.17, 15) is 26.7 Å². The average molecular weight is 668 g/mol. The first-order chi connectivity index (χ1) is 21.7. The number of nitrogens with one attached hydrogen (secondary N) is 1. The van der Waals surface area contributed by atoms with Gasteiger partial charge in [0.15, 0.2) is 0 Å². The largest absolute Gasteiger partial charge is 0.490 e. The van der Waals surface area contributed by atoms with Gasteiger partial charge in [-0.2, -0.15) is 26.7 Å². The van der Waals surface area contributed by atoms with Crippen molar-refractivity contribution in [1.29, 1.82) is 0 Å². The summed E-state index contributed by atoms with van der Waals surface area (Å²) in [6, 6.07) is 10.7. The zero-order valence-corrected chi connectivity index (χ0v) is 26.0. The Morgan fingerprint density at radius 2 is 1.50 bits per heavy atom. The van der Waals surface area contributed by atoms with E-state index in [1.807, 2.05) is 0 Å². The van der Waals surface area contributed by atoms with Crippen LogP contribution in [-0.4, -0.2) is 62.1 Å². The number of sulfonamides is 1. The summed E-state index contributed by atoms with van der Waals surface area (Å²) in [6.45, 7) is 0.315. The highest BCUT2D eigenvalue weighted by Crippen LogP contribution is 2.59. The van der Waals surface area contributed by atoms with E-state index in [1.54, 1.807) is 24.3 Å². The Kier molecular flexibility index (Phi) is 8.85. The van der Waals surface area contributed by atoms with Crippen molar-refractivity contribution >= 4 is 20.8 Å². The van der Waals surface area contributed by atoms with Crippen LogP contribution in [0.4, 0.5) is 22.0 Å². The Balaban J connectivity index is 1.29. The molecule has 6 rings (SSSR count). The number of halogens is 5. The SMILES string of the molecule is NC1CCN(C(O)[C@H](NS(=O)(=O)c2ccc3cc(OC4CCCC4)ccc3c2)C(F)(F)c2ccc(C3(C(F)(F)F)CC3)cc2)CC1. The second-order valence-electron chi connectivity index (χ2n) is 12.9. The van der Waals surface area contributed by atoms with Crippen LogP contribution in [-0.2, 0) is 21.4 Å². The van der Waals surface area contributed by atoms with Crippen molar-refractivity contribution in [2.75, 3.05) is 13.1 Å². The number of benzene rings is 3. The highest BCUT2D eigenvalue weighted by Gasteiger charge is 2.64. The molecule has 1 heterocycles. The van der Waals surface area contributed by atoms with Crippen molar-refractivity contribution < 1.29 is 40.2 Å². The molecular formula is C33H38F5N3O4S. The third-order valence-corrected chi connectivity index (χ3v) is 11.2. The smallest absolute Gasteiger partial charge is 0.398 e. The maximum Gasteiger partial charge on any atom is 0.398 e. The molecule has 4 N–H and O–H groups in total. The number of fused-ring (bicyclic) bond motifs is 1. The second kappa shape index (κ2) is 12.3. The number of hydrogen-bond acceptors (Lipinski definition) is 6. The number of nitrogens with two attached hydrogens (primary N) is 1. The van der Waals surface area contributed by atoms with Gasteiger partial charge in [0.2, 0.25) is 10.0 Å². The Morgan fingerprint density at radius 3 is 2.11 bits per heavy atom. The topological polar surface area (TPSA) is 105 Å². The van der Waals surface area contributed by atoms with Gasteiger partial charge < -0.3 is 15.6 Å². The third kappa shape index (κ3) is 6.49. The Bertz CT molecular complexity index is 1650. The van der Waals surface area contributed by atoms with Crippen LogP contribution >= 0.6 is 0 Å². The number of piperidine rings is 1. The Morgan fingerprint density at radius 1 is 0.891 bits per heavy atom. The van der Waals surface area contributed by atoms with Crippen LogP contribution in [0, 0.1) is 0 Å². The maximum absolute atomic E-state index is 16.3. The summed E-state index contributed by atoms with van der Waals surface area (Å²) < 4.78 is 109. The van der Waals surface area contributed by atoms with E-state index in [-0.39, 0.29) is 48.5 Å². The highest BCUT2D eigenvalue weighted by molar-refractivity contribution is 7.89. The van der Waals surface area contributed by atoms with Gasteiger partial charge in [-0.3, -0.25) is 4.90 Å². The molecule has 0 amide bonds.